The van der Waals surface area contributed by atoms with Crippen LogP contribution in [0, 0.1) is 5.92 Å². The Morgan fingerprint density at radius 1 is 0.963 bits per heavy atom. The molecule has 1 atom stereocenters. The minimum absolute atomic E-state index is 0.0326. The molecule has 1 aliphatic rings. The standard InChI is InChI=1S/C21H20ClNO4/c1-27-21(26)16-6-4-15(5-7-16)20(25)23-12-2-3-17(13-23)19(24)14-8-10-18(22)11-9-14/h4-11,17H,2-3,12-13H2,1H3. The molecule has 1 amide bonds. The highest BCUT2D eigenvalue weighted by Gasteiger charge is 2.29. The third-order valence-corrected chi connectivity index (χ3v) is 5.01. The summed E-state index contributed by atoms with van der Waals surface area (Å²) in [6.45, 7) is 1.00. The highest BCUT2D eigenvalue weighted by Crippen LogP contribution is 2.23. The Balaban J connectivity index is 1.70. The van der Waals surface area contributed by atoms with Gasteiger partial charge in [-0.25, -0.2) is 4.79 Å². The number of benzene rings is 2. The van der Waals surface area contributed by atoms with Crippen LogP contribution >= 0.6 is 11.6 Å². The van der Waals surface area contributed by atoms with Crippen molar-refractivity contribution in [2.45, 2.75) is 12.8 Å². The normalized spacial score (nSPS) is 16.7. The van der Waals surface area contributed by atoms with E-state index in [-0.39, 0.29) is 17.6 Å². The molecule has 1 unspecified atom stereocenters. The van der Waals surface area contributed by atoms with E-state index in [2.05, 4.69) is 4.74 Å². The lowest BCUT2D eigenvalue weighted by Gasteiger charge is -2.32. The third kappa shape index (κ3) is 4.37. The maximum absolute atomic E-state index is 12.8. The number of ether oxygens (including phenoxy) is 1. The number of nitrogens with zero attached hydrogens (tertiary/aromatic N) is 1. The summed E-state index contributed by atoms with van der Waals surface area (Å²) in [4.78, 5) is 38.7. The highest BCUT2D eigenvalue weighted by molar-refractivity contribution is 6.30. The Bertz CT molecular complexity index is 845. The molecule has 1 aliphatic heterocycles. The topological polar surface area (TPSA) is 63.7 Å². The molecule has 1 saturated heterocycles. The number of carbonyl (C=O) groups excluding carboxylic acids is 3. The number of halogens is 1. The molecule has 0 N–H and O–H groups in total. The molecule has 2 aromatic rings. The summed E-state index contributed by atoms with van der Waals surface area (Å²) >= 11 is 5.88. The van der Waals surface area contributed by atoms with Gasteiger partial charge in [-0.3, -0.25) is 9.59 Å². The van der Waals surface area contributed by atoms with Crippen molar-refractivity contribution < 1.29 is 19.1 Å². The monoisotopic (exact) mass is 385 g/mol. The number of likely N-dealkylation sites (tertiary alicyclic amines) is 1. The molecule has 6 heteroatoms. The Morgan fingerprint density at radius 2 is 1.56 bits per heavy atom. The number of Topliss-reactive ketones (excluding diaryl/α,β-unsaturated/α-hetero) is 1. The van der Waals surface area contributed by atoms with Crippen LogP contribution in [0.5, 0.6) is 0 Å². The largest absolute Gasteiger partial charge is 0.465 e. The number of esters is 1. The van der Waals surface area contributed by atoms with Crippen molar-refractivity contribution in [2.24, 2.45) is 5.92 Å². The second-order valence-corrected chi connectivity index (χ2v) is 6.97. The van der Waals surface area contributed by atoms with Crippen LogP contribution in [0.3, 0.4) is 0 Å². The van der Waals surface area contributed by atoms with Crippen LogP contribution in [0.15, 0.2) is 48.5 Å². The maximum Gasteiger partial charge on any atom is 0.337 e. The van der Waals surface area contributed by atoms with Gasteiger partial charge in [-0.2, -0.15) is 0 Å². The van der Waals surface area contributed by atoms with Crippen molar-refractivity contribution in [3.63, 3.8) is 0 Å². The Labute approximate surface area is 162 Å². The molecule has 0 aromatic heterocycles. The highest BCUT2D eigenvalue weighted by atomic mass is 35.5. The summed E-state index contributed by atoms with van der Waals surface area (Å²) < 4.78 is 4.66. The van der Waals surface area contributed by atoms with Gasteiger partial charge in [-0.1, -0.05) is 11.6 Å². The van der Waals surface area contributed by atoms with Crippen LogP contribution in [0.1, 0.15) is 43.9 Å². The van der Waals surface area contributed by atoms with Crippen molar-refractivity contribution in [1.29, 1.82) is 0 Å². The second-order valence-electron chi connectivity index (χ2n) is 6.53. The first-order valence-electron chi connectivity index (χ1n) is 8.77. The lowest BCUT2D eigenvalue weighted by atomic mass is 9.89. The van der Waals surface area contributed by atoms with Gasteiger partial charge in [0.1, 0.15) is 0 Å². The van der Waals surface area contributed by atoms with Crippen molar-refractivity contribution in [3.8, 4) is 0 Å². The number of carbonyl (C=O) groups is 3. The van der Waals surface area contributed by atoms with E-state index in [4.69, 9.17) is 11.6 Å². The van der Waals surface area contributed by atoms with Gasteiger partial charge in [0, 0.05) is 35.2 Å². The zero-order chi connectivity index (χ0) is 19.4. The van der Waals surface area contributed by atoms with Crippen LogP contribution < -0.4 is 0 Å². The van der Waals surface area contributed by atoms with E-state index in [1.54, 1.807) is 53.4 Å². The van der Waals surface area contributed by atoms with Crippen LogP contribution in [0.25, 0.3) is 0 Å². The Morgan fingerprint density at radius 3 is 2.19 bits per heavy atom. The minimum Gasteiger partial charge on any atom is -0.465 e. The van der Waals surface area contributed by atoms with Gasteiger partial charge < -0.3 is 9.64 Å². The zero-order valence-corrected chi connectivity index (χ0v) is 15.7. The number of methoxy groups -OCH3 is 1. The van der Waals surface area contributed by atoms with Crippen molar-refractivity contribution in [1.82, 2.24) is 4.90 Å². The molecule has 3 rings (SSSR count). The fraction of sp³-hybridized carbons (Fsp3) is 0.286. The molecule has 0 radical (unpaired) electrons. The van der Waals surface area contributed by atoms with E-state index < -0.39 is 5.97 Å². The fourth-order valence-electron chi connectivity index (χ4n) is 3.27. The molecular formula is C21H20ClNO4. The first kappa shape index (κ1) is 19.1. The summed E-state index contributed by atoms with van der Waals surface area (Å²) in [5.41, 5.74) is 1.49. The third-order valence-electron chi connectivity index (χ3n) is 4.76. The van der Waals surface area contributed by atoms with Crippen molar-refractivity contribution in [2.75, 3.05) is 20.2 Å². The summed E-state index contributed by atoms with van der Waals surface area (Å²) in [5.74, 6) is -0.774. The van der Waals surface area contributed by atoms with Crippen LogP contribution in [0.4, 0.5) is 0 Å². The molecule has 2 aromatic carbocycles. The van der Waals surface area contributed by atoms with Gasteiger partial charge in [0.15, 0.2) is 5.78 Å². The number of ketones is 1. The first-order valence-corrected chi connectivity index (χ1v) is 9.15. The Kier molecular flexibility index (Phi) is 5.91. The molecule has 27 heavy (non-hydrogen) atoms. The molecule has 0 saturated carbocycles. The zero-order valence-electron chi connectivity index (χ0n) is 15.0. The van der Waals surface area contributed by atoms with Crippen LogP contribution in [-0.2, 0) is 4.74 Å². The first-order chi connectivity index (χ1) is 13.0. The van der Waals surface area contributed by atoms with Crippen molar-refractivity contribution in [3.05, 3.63) is 70.2 Å². The van der Waals surface area contributed by atoms with Gasteiger partial charge in [0.25, 0.3) is 5.91 Å². The SMILES string of the molecule is COC(=O)c1ccc(C(=O)N2CCCC(C(=O)c3ccc(Cl)cc3)C2)cc1. The van der Waals surface area contributed by atoms with Gasteiger partial charge in [0.05, 0.1) is 12.7 Å². The molecule has 5 nitrogen and oxygen atoms in total. The van der Waals surface area contributed by atoms with E-state index in [0.717, 1.165) is 12.8 Å². The van der Waals surface area contributed by atoms with Gasteiger partial charge in [-0.15, -0.1) is 0 Å². The van der Waals surface area contributed by atoms with Gasteiger partial charge >= 0.3 is 5.97 Å². The molecule has 1 heterocycles. The van der Waals surface area contributed by atoms with E-state index in [0.29, 0.717) is 34.8 Å². The van der Waals surface area contributed by atoms with Crippen LogP contribution in [0.2, 0.25) is 5.02 Å². The predicted molar refractivity (Wildman–Crippen MR) is 102 cm³/mol. The molecule has 140 valence electrons. The summed E-state index contributed by atoms with van der Waals surface area (Å²) in [6.07, 6.45) is 1.53. The smallest absolute Gasteiger partial charge is 0.337 e. The van der Waals surface area contributed by atoms with Gasteiger partial charge in [-0.05, 0) is 61.4 Å². The van der Waals surface area contributed by atoms with Crippen molar-refractivity contribution >= 4 is 29.3 Å². The van der Waals surface area contributed by atoms with E-state index in [1.807, 2.05) is 0 Å². The molecular weight excluding hydrogens is 366 g/mol. The number of rotatable bonds is 4. The molecule has 0 bridgehead atoms. The molecule has 0 aliphatic carbocycles. The number of hydrogen-bond acceptors (Lipinski definition) is 4. The van der Waals surface area contributed by atoms with E-state index in [9.17, 15) is 14.4 Å². The fourth-order valence-corrected chi connectivity index (χ4v) is 3.40. The average molecular weight is 386 g/mol. The lowest BCUT2D eigenvalue weighted by molar-refractivity contribution is 0.0595. The number of piperidine rings is 1. The summed E-state index contributed by atoms with van der Waals surface area (Å²) in [7, 11) is 1.31. The van der Waals surface area contributed by atoms with E-state index in [1.165, 1.54) is 7.11 Å². The van der Waals surface area contributed by atoms with Gasteiger partial charge in [0.2, 0.25) is 0 Å². The van der Waals surface area contributed by atoms with E-state index >= 15 is 0 Å². The van der Waals surface area contributed by atoms with Crippen LogP contribution in [-0.4, -0.2) is 42.8 Å². The number of amides is 1. The second kappa shape index (κ2) is 8.35. The summed E-state index contributed by atoms with van der Waals surface area (Å²) in [5, 5.41) is 0.586. The predicted octanol–water partition coefficient (Wildman–Crippen LogP) is 3.86. The quantitative estimate of drug-likeness (QED) is 0.592. The number of hydrogen-bond donors (Lipinski definition) is 0. The Hall–Kier alpha value is -2.66. The summed E-state index contributed by atoms with van der Waals surface area (Å²) in [6, 6.07) is 13.2. The molecule has 1 fully saturated rings. The lowest BCUT2D eigenvalue weighted by Crippen LogP contribution is -2.42. The minimum atomic E-state index is -0.444. The average Bonchev–Trinajstić information content (AvgIpc) is 2.73. The molecule has 0 spiro atoms. The maximum atomic E-state index is 12.8.